The molecule has 1 heterocycles. The van der Waals surface area contributed by atoms with Gasteiger partial charge >= 0.3 is 5.97 Å². The monoisotopic (exact) mass is 367 g/mol. The number of methoxy groups -OCH3 is 1. The molecule has 0 saturated carbocycles. The first-order valence-corrected chi connectivity index (χ1v) is 8.12. The molecule has 3 rings (SSSR count). The van der Waals surface area contributed by atoms with E-state index in [0.717, 1.165) is 10.2 Å². The largest absolute Gasteiger partial charge is 0.497 e. The maximum absolute atomic E-state index is 12.5. The Morgan fingerprint density at radius 2 is 1.89 bits per heavy atom. The average molecular weight is 367 g/mol. The van der Waals surface area contributed by atoms with Gasteiger partial charge in [-0.15, -0.1) is 0 Å². The van der Waals surface area contributed by atoms with Crippen molar-refractivity contribution >= 4 is 22.6 Å². The summed E-state index contributed by atoms with van der Waals surface area (Å²) in [6.07, 6.45) is 0. The van der Waals surface area contributed by atoms with Crippen molar-refractivity contribution in [1.82, 2.24) is 15.1 Å². The molecule has 2 aromatic carbocycles. The average Bonchev–Trinajstić information content (AvgIpc) is 2.68. The normalized spacial score (nSPS) is 10.6. The second-order valence-electron chi connectivity index (χ2n) is 5.79. The number of carboxylic acid groups (broad SMARTS) is 1. The number of hydrogen-bond acceptors (Lipinski definition) is 5. The minimum atomic E-state index is -1.27. The molecule has 27 heavy (non-hydrogen) atoms. The molecule has 8 heteroatoms. The predicted molar refractivity (Wildman–Crippen MR) is 97.8 cm³/mol. The van der Waals surface area contributed by atoms with Crippen LogP contribution in [0, 0.1) is 0 Å². The van der Waals surface area contributed by atoms with E-state index < -0.39 is 17.4 Å². The summed E-state index contributed by atoms with van der Waals surface area (Å²) in [5, 5.41) is 16.3. The molecule has 0 bridgehead atoms. The number of aromatic carboxylic acids is 1. The van der Waals surface area contributed by atoms with Crippen molar-refractivity contribution in [3.8, 4) is 5.75 Å². The van der Waals surface area contributed by atoms with Gasteiger partial charge in [0.05, 0.1) is 12.5 Å². The number of aromatic nitrogens is 2. The molecule has 2 N–H and O–H groups in total. The van der Waals surface area contributed by atoms with E-state index >= 15 is 0 Å². The van der Waals surface area contributed by atoms with Gasteiger partial charge in [-0.3, -0.25) is 9.59 Å². The summed E-state index contributed by atoms with van der Waals surface area (Å²) in [5.74, 6) is -1.06. The lowest BCUT2D eigenvalue weighted by Crippen LogP contribution is -2.34. The number of amides is 1. The Hall–Kier alpha value is -3.68. The molecule has 8 nitrogen and oxygen atoms in total. The second-order valence-corrected chi connectivity index (χ2v) is 5.79. The zero-order valence-corrected chi connectivity index (χ0v) is 14.5. The number of benzene rings is 2. The van der Waals surface area contributed by atoms with Crippen LogP contribution in [0.15, 0.2) is 53.3 Å². The number of ether oxygens (including phenoxy) is 1. The predicted octanol–water partition coefficient (Wildman–Crippen LogP) is 1.42. The van der Waals surface area contributed by atoms with Gasteiger partial charge in [0, 0.05) is 11.9 Å². The van der Waals surface area contributed by atoms with Gasteiger partial charge in [-0.25, -0.2) is 9.48 Å². The van der Waals surface area contributed by atoms with Crippen LogP contribution in [0.25, 0.3) is 10.8 Å². The Kier molecular flexibility index (Phi) is 5.16. The molecule has 0 radical (unpaired) electrons. The Bertz CT molecular complexity index is 1070. The van der Waals surface area contributed by atoms with Gasteiger partial charge in [-0.2, -0.15) is 5.10 Å². The summed E-state index contributed by atoms with van der Waals surface area (Å²) in [6.45, 7) is -0.141. The van der Waals surface area contributed by atoms with Crippen LogP contribution in [0.4, 0.5) is 0 Å². The van der Waals surface area contributed by atoms with Crippen LogP contribution in [-0.4, -0.2) is 33.9 Å². The number of nitrogens with zero attached hydrogens (tertiary/aromatic N) is 2. The van der Waals surface area contributed by atoms with Crippen LogP contribution in [0.2, 0.25) is 0 Å². The van der Waals surface area contributed by atoms with Gasteiger partial charge in [0.2, 0.25) is 5.91 Å². The Morgan fingerprint density at radius 3 is 2.59 bits per heavy atom. The summed E-state index contributed by atoms with van der Waals surface area (Å²) in [6, 6.07) is 13.5. The van der Waals surface area contributed by atoms with E-state index in [4.69, 9.17) is 4.74 Å². The molecule has 138 valence electrons. The molecule has 0 atom stereocenters. The number of carbonyl (C=O) groups is 2. The fraction of sp³-hybridized carbons (Fsp3) is 0.158. The first-order valence-electron chi connectivity index (χ1n) is 8.12. The van der Waals surface area contributed by atoms with E-state index in [1.807, 2.05) is 6.07 Å². The number of fused-ring (bicyclic) bond motifs is 1. The Balaban J connectivity index is 1.81. The molecule has 0 fully saturated rings. The lowest BCUT2D eigenvalue weighted by Gasteiger charge is -2.10. The summed E-state index contributed by atoms with van der Waals surface area (Å²) < 4.78 is 5.99. The van der Waals surface area contributed by atoms with Crippen LogP contribution in [0.3, 0.4) is 0 Å². The summed E-state index contributed by atoms with van der Waals surface area (Å²) in [5.41, 5.74) is 0.0330. The fourth-order valence-corrected chi connectivity index (χ4v) is 2.68. The number of hydrogen-bond donors (Lipinski definition) is 2. The van der Waals surface area contributed by atoms with Gasteiger partial charge in [-0.1, -0.05) is 30.3 Å². The summed E-state index contributed by atoms with van der Waals surface area (Å²) in [4.78, 5) is 36.2. The van der Waals surface area contributed by atoms with E-state index in [2.05, 4.69) is 10.4 Å². The molecular weight excluding hydrogens is 350 g/mol. The zero-order chi connectivity index (χ0) is 19.4. The smallest absolute Gasteiger partial charge is 0.357 e. The molecule has 0 spiro atoms. The van der Waals surface area contributed by atoms with Gasteiger partial charge < -0.3 is 15.2 Å². The molecule has 0 aliphatic rings. The van der Waals surface area contributed by atoms with E-state index in [9.17, 15) is 19.5 Å². The molecule has 0 saturated heterocycles. The van der Waals surface area contributed by atoms with Crippen molar-refractivity contribution in [3.63, 3.8) is 0 Å². The molecule has 0 aliphatic heterocycles. The highest BCUT2D eigenvalue weighted by molar-refractivity contribution is 6.01. The third kappa shape index (κ3) is 3.95. The molecule has 0 aliphatic carbocycles. The molecular formula is C19H17N3O5. The number of carbonyl (C=O) groups excluding carboxylic acids is 1. The quantitative estimate of drug-likeness (QED) is 0.682. The second kappa shape index (κ2) is 7.69. The highest BCUT2D eigenvalue weighted by Crippen LogP contribution is 2.13. The van der Waals surface area contributed by atoms with Crippen LogP contribution < -0.4 is 15.6 Å². The highest BCUT2D eigenvalue weighted by Gasteiger charge is 2.16. The molecule has 3 aromatic rings. The zero-order valence-electron chi connectivity index (χ0n) is 14.5. The maximum Gasteiger partial charge on any atom is 0.357 e. The summed E-state index contributed by atoms with van der Waals surface area (Å²) in [7, 11) is 1.55. The van der Waals surface area contributed by atoms with Crippen molar-refractivity contribution < 1.29 is 19.4 Å². The minimum absolute atomic E-state index is 0.200. The van der Waals surface area contributed by atoms with Crippen molar-refractivity contribution in [2.45, 2.75) is 13.1 Å². The van der Waals surface area contributed by atoms with Gasteiger partial charge in [-0.05, 0) is 23.8 Å². The third-order valence-electron chi connectivity index (χ3n) is 3.99. The lowest BCUT2D eigenvalue weighted by molar-refractivity contribution is -0.122. The first-order chi connectivity index (χ1) is 13.0. The van der Waals surface area contributed by atoms with E-state index in [0.29, 0.717) is 5.75 Å². The van der Waals surface area contributed by atoms with Crippen LogP contribution in [0.1, 0.15) is 16.1 Å². The van der Waals surface area contributed by atoms with Crippen LogP contribution in [0.5, 0.6) is 5.75 Å². The van der Waals surface area contributed by atoms with E-state index in [-0.39, 0.29) is 29.6 Å². The SMILES string of the molecule is COc1cccc(CNC(=O)Cn2nc(C(=O)O)c3ccccc3c2=O)c1. The standard InChI is InChI=1S/C19H17N3O5/c1-27-13-6-4-5-12(9-13)10-20-16(23)11-22-18(24)15-8-3-2-7-14(15)17(21-22)19(25)26/h2-9H,10-11H2,1H3,(H,20,23)(H,25,26). The fourth-order valence-electron chi connectivity index (χ4n) is 2.68. The van der Waals surface area contributed by atoms with Crippen LogP contribution >= 0.6 is 0 Å². The molecule has 1 amide bonds. The molecule has 1 aromatic heterocycles. The summed E-state index contributed by atoms with van der Waals surface area (Å²) >= 11 is 0. The molecule has 0 unspecified atom stereocenters. The number of rotatable bonds is 6. The van der Waals surface area contributed by atoms with E-state index in [1.165, 1.54) is 12.1 Å². The Morgan fingerprint density at radius 1 is 1.15 bits per heavy atom. The Labute approximate surface area is 154 Å². The lowest BCUT2D eigenvalue weighted by atomic mass is 10.1. The topological polar surface area (TPSA) is 111 Å². The number of nitrogens with one attached hydrogen (secondary N) is 1. The van der Waals surface area contributed by atoms with Crippen molar-refractivity contribution in [2.75, 3.05) is 7.11 Å². The van der Waals surface area contributed by atoms with Crippen molar-refractivity contribution in [1.29, 1.82) is 0 Å². The minimum Gasteiger partial charge on any atom is -0.497 e. The van der Waals surface area contributed by atoms with Gasteiger partial charge in [0.15, 0.2) is 5.69 Å². The van der Waals surface area contributed by atoms with Crippen molar-refractivity contribution in [3.05, 3.63) is 70.1 Å². The first kappa shape index (κ1) is 18.1. The van der Waals surface area contributed by atoms with Gasteiger partial charge in [0.1, 0.15) is 12.3 Å². The van der Waals surface area contributed by atoms with Crippen molar-refractivity contribution in [2.24, 2.45) is 0 Å². The maximum atomic E-state index is 12.5. The van der Waals surface area contributed by atoms with E-state index in [1.54, 1.807) is 37.4 Å². The third-order valence-corrected chi connectivity index (χ3v) is 3.99. The highest BCUT2D eigenvalue weighted by atomic mass is 16.5. The number of carboxylic acids is 1. The van der Waals surface area contributed by atoms with Crippen LogP contribution in [-0.2, 0) is 17.9 Å². The van der Waals surface area contributed by atoms with Gasteiger partial charge in [0.25, 0.3) is 5.56 Å².